The first-order valence-corrected chi connectivity index (χ1v) is 8.89. The highest BCUT2D eigenvalue weighted by Gasteiger charge is 2.10. The quantitative estimate of drug-likeness (QED) is 0.381. The molecule has 0 nitrogen and oxygen atoms in total. The van der Waals surface area contributed by atoms with Gasteiger partial charge >= 0.3 is 0 Å². The third kappa shape index (κ3) is 2.14. The van der Waals surface area contributed by atoms with Crippen LogP contribution in [0.2, 0.25) is 0 Å². The van der Waals surface area contributed by atoms with Crippen molar-refractivity contribution in [2.24, 2.45) is 0 Å². The molecule has 0 unspecified atom stereocenters. The van der Waals surface area contributed by atoms with Crippen LogP contribution in [0.25, 0.3) is 21.5 Å². The van der Waals surface area contributed by atoms with Crippen molar-refractivity contribution >= 4 is 21.5 Å². The zero-order valence-corrected chi connectivity index (χ0v) is 13.8. The number of rotatable bonds is 0. The summed E-state index contributed by atoms with van der Waals surface area (Å²) in [4.78, 5) is 0. The molecule has 0 spiro atoms. The van der Waals surface area contributed by atoms with Gasteiger partial charge in [-0.2, -0.15) is 0 Å². The molecule has 4 aromatic carbocycles. The fraction of sp³-hybridized carbons (Fsp3) is 0.167. The van der Waals surface area contributed by atoms with E-state index in [9.17, 15) is 0 Å². The highest BCUT2D eigenvalue weighted by molar-refractivity contribution is 5.91. The van der Waals surface area contributed by atoms with Crippen molar-refractivity contribution in [2.45, 2.75) is 25.7 Å². The lowest BCUT2D eigenvalue weighted by molar-refractivity contribution is 0.962. The average molecular weight is 308 g/mol. The predicted octanol–water partition coefficient (Wildman–Crippen LogP) is 5.88. The molecule has 5 rings (SSSR count). The second-order valence-electron chi connectivity index (χ2n) is 6.86. The van der Waals surface area contributed by atoms with Crippen molar-refractivity contribution in [3.63, 3.8) is 0 Å². The molecule has 24 heavy (non-hydrogen) atoms. The van der Waals surface area contributed by atoms with Crippen molar-refractivity contribution < 1.29 is 0 Å². The number of hydrogen-bond donors (Lipinski definition) is 0. The van der Waals surface area contributed by atoms with Crippen LogP contribution in [0.1, 0.15) is 22.3 Å². The van der Waals surface area contributed by atoms with E-state index in [1.54, 1.807) is 0 Å². The van der Waals surface area contributed by atoms with E-state index >= 15 is 0 Å². The second-order valence-corrected chi connectivity index (χ2v) is 6.86. The van der Waals surface area contributed by atoms with Crippen molar-refractivity contribution in [3.05, 3.63) is 95.1 Å². The third-order valence-corrected chi connectivity index (χ3v) is 5.53. The molecule has 0 heteroatoms. The maximum atomic E-state index is 2.30. The molecule has 0 saturated carbocycles. The maximum Gasteiger partial charge on any atom is -0.0149 e. The van der Waals surface area contributed by atoms with Gasteiger partial charge in [-0.3, -0.25) is 0 Å². The smallest absolute Gasteiger partial charge is 0.0149 e. The van der Waals surface area contributed by atoms with Gasteiger partial charge in [0.25, 0.3) is 0 Å². The van der Waals surface area contributed by atoms with Gasteiger partial charge in [-0.05, 0) is 69.5 Å². The Morgan fingerprint density at radius 1 is 0.333 bits per heavy atom. The van der Waals surface area contributed by atoms with Crippen LogP contribution in [0.15, 0.2) is 72.8 Å². The summed E-state index contributed by atoms with van der Waals surface area (Å²) in [5.74, 6) is 0. The molecular formula is C24H20. The molecule has 1 aliphatic rings. The Labute approximate surface area is 142 Å². The van der Waals surface area contributed by atoms with Crippen LogP contribution in [-0.2, 0) is 25.7 Å². The molecule has 0 aromatic heterocycles. The monoisotopic (exact) mass is 308 g/mol. The van der Waals surface area contributed by atoms with Gasteiger partial charge in [0.15, 0.2) is 0 Å². The van der Waals surface area contributed by atoms with Crippen LogP contribution in [0.3, 0.4) is 0 Å². The summed E-state index contributed by atoms with van der Waals surface area (Å²) in [7, 11) is 0. The molecule has 0 aliphatic heterocycles. The third-order valence-electron chi connectivity index (χ3n) is 5.53. The van der Waals surface area contributed by atoms with Gasteiger partial charge in [0.1, 0.15) is 0 Å². The minimum atomic E-state index is 1.10. The summed E-state index contributed by atoms with van der Waals surface area (Å²) in [6.07, 6.45) is 4.41. The number of hydrogen-bond acceptors (Lipinski definition) is 0. The van der Waals surface area contributed by atoms with Gasteiger partial charge in [0.2, 0.25) is 0 Å². The molecular weight excluding hydrogens is 288 g/mol. The van der Waals surface area contributed by atoms with Gasteiger partial charge in [-0.15, -0.1) is 0 Å². The summed E-state index contributed by atoms with van der Waals surface area (Å²) in [5.41, 5.74) is 5.90. The van der Waals surface area contributed by atoms with Gasteiger partial charge in [0.05, 0.1) is 0 Å². The fourth-order valence-corrected chi connectivity index (χ4v) is 4.29. The second kappa shape index (κ2) is 5.49. The molecule has 0 fully saturated rings. The van der Waals surface area contributed by atoms with Crippen molar-refractivity contribution in [1.29, 1.82) is 0 Å². The lowest BCUT2D eigenvalue weighted by Gasteiger charge is -2.15. The van der Waals surface area contributed by atoms with E-state index in [1.807, 2.05) is 0 Å². The van der Waals surface area contributed by atoms with Crippen LogP contribution in [0, 0.1) is 0 Å². The van der Waals surface area contributed by atoms with Crippen LogP contribution in [0.4, 0.5) is 0 Å². The van der Waals surface area contributed by atoms with Crippen molar-refractivity contribution in [3.8, 4) is 0 Å². The van der Waals surface area contributed by atoms with E-state index in [0.717, 1.165) is 25.7 Å². The molecule has 0 N–H and O–H groups in total. The lowest BCUT2D eigenvalue weighted by Crippen LogP contribution is -1.99. The summed E-state index contributed by atoms with van der Waals surface area (Å²) in [6.45, 7) is 0. The van der Waals surface area contributed by atoms with E-state index in [-0.39, 0.29) is 0 Å². The topological polar surface area (TPSA) is 0 Å². The molecule has 1 aliphatic carbocycles. The van der Waals surface area contributed by atoms with E-state index in [0.29, 0.717) is 0 Å². The normalized spacial score (nSPS) is 14.0. The standard InChI is InChI=1S/C24H20/c1-5-17-13-14-19-7-3-12-24-20(8-4-11-23(19)24)16-15-18-6-2-10-22(17)21(18)9-1/h1-12H,13-16H2. The Balaban J connectivity index is 1.77. The SMILES string of the molecule is c1cc2c3cccc(c3c1)CCc1cccc3c(cccc13)CC2. The Hall–Kier alpha value is -2.60. The van der Waals surface area contributed by atoms with Crippen molar-refractivity contribution in [1.82, 2.24) is 0 Å². The zero-order chi connectivity index (χ0) is 15.9. The molecule has 0 atom stereocenters. The summed E-state index contributed by atoms with van der Waals surface area (Å²) in [6, 6.07) is 27.3. The van der Waals surface area contributed by atoms with Crippen LogP contribution in [-0.4, -0.2) is 0 Å². The molecule has 0 amide bonds. The minimum Gasteiger partial charge on any atom is -0.0613 e. The van der Waals surface area contributed by atoms with Gasteiger partial charge in [-0.1, -0.05) is 72.8 Å². The van der Waals surface area contributed by atoms with Gasteiger partial charge in [0, 0.05) is 0 Å². The summed E-state index contributed by atoms with van der Waals surface area (Å²) >= 11 is 0. The molecule has 116 valence electrons. The van der Waals surface area contributed by atoms with Crippen molar-refractivity contribution in [2.75, 3.05) is 0 Å². The number of benzene rings is 4. The molecule has 0 saturated heterocycles. The first-order chi connectivity index (χ1) is 11.9. The minimum absolute atomic E-state index is 1.10. The largest absolute Gasteiger partial charge is 0.0613 e. The van der Waals surface area contributed by atoms with E-state index in [4.69, 9.17) is 0 Å². The van der Waals surface area contributed by atoms with Crippen LogP contribution < -0.4 is 0 Å². The average Bonchev–Trinajstić information content (AvgIpc) is 2.63. The summed E-state index contributed by atoms with van der Waals surface area (Å²) < 4.78 is 0. The van der Waals surface area contributed by atoms with Gasteiger partial charge in [-0.25, -0.2) is 0 Å². The Morgan fingerprint density at radius 3 is 0.833 bits per heavy atom. The zero-order valence-electron chi connectivity index (χ0n) is 13.8. The molecule has 0 radical (unpaired) electrons. The molecule has 8 bridgehead atoms. The first kappa shape index (κ1) is 13.8. The Morgan fingerprint density at radius 2 is 0.583 bits per heavy atom. The molecule has 0 heterocycles. The van der Waals surface area contributed by atoms with Gasteiger partial charge < -0.3 is 0 Å². The Kier molecular flexibility index (Phi) is 3.16. The fourth-order valence-electron chi connectivity index (χ4n) is 4.29. The predicted molar refractivity (Wildman–Crippen MR) is 103 cm³/mol. The first-order valence-electron chi connectivity index (χ1n) is 8.89. The highest BCUT2D eigenvalue weighted by atomic mass is 14.1. The van der Waals surface area contributed by atoms with E-state index in [2.05, 4.69) is 72.8 Å². The van der Waals surface area contributed by atoms with Crippen LogP contribution in [0.5, 0.6) is 0 Å². The number of aryl methyl sites for hydroxylation is 4. The van der Waals surface area contributed by atoms with E-state index < -0.39 is 0 Å². The van der Waals surface area contributed by atoms with E-state index in [1.165, 1.54) is 43.8 Å². The summed E-state index contributed by atoms with van der Waals surface area (Å²) in [5, 5.41) is 5.75. The Bertz CT molecular complexity index is 882. The van der Waals surface area contributed by atoms with Crippen LogP contribution >= 0.6 is 0 Å². The maximum absolute atomic E-state index is 2.30. The lowest BCUT2D eigenvalue weighted by atomic mass is 9.89. The molecule has 4 aromatic rings. The highest BCUT2D eigenvalue weighted by Crippen LogP contribution is 2.29.